The number of ether oxygens (including phenoxy) is 2. The molecule has 2 N–H and O–H groups in total. The molecule has 0 spiro atoms. The molecule has 1 heterocycles. The lowest BCUT2D eigenvalue weighted by atomic mass is 9.87. The Hall–Kier alpha value is -4.54. The number of amides is 1. The van der Waals surface area contributed by atoms with Gasteiger partial charge in [-0.15, -0.1) is 0 Å². The van der Waals surface area contributed by atoms with Crippen LogP contribution in [-0.2, 0) is 27.8 Å². The van der Waals surface area contributed by atoms with Gasteiger partial charge in [0, 0.05) is 37.6 Å². The smallest absolute Gasteiger partial charge is 0.264 e. The molecule has 4 aromatic carbocycles. The Labute approximate surface area is 272 Å². The minimum absolute atomic E-state index is 0.0235. The van der Waals surface area contributed by atoms with Crippen molar-refractivity contribution in [3.05, 3.63) is 113 Å². The molecular weight excluding hydrogens is 600 g/mol. The zero-order valence-corrected chi connectivity index (χ0v) is 27.6. The predicted molar refractivity (Wildman–Crippen MR) is 182 cm³/mol. The highest BCUT2D eigenvalue weighted by Crippen LogP contribution is 2.40. The Morgan fingerprint density at radius 3 is 2.17 bits per heavy atom. The SMILES string of the molecule is CCN(CC)c1ccc(CNc2ccc(S(=O)(=O)NC(=O)CN3CCc4cc(OC)c(OC)cc4C3c3ccccc3)cc2)cc1. The van der Waals surface area contributed by atoms with Crippen LogP contribution in [0.3, 0.4) is 0 Å². The number of nitrogens with one attached hydrogen (secondary N) is 2. The second kappa shape index (κ2) is 14.7. The summed E-state index contributed by atoms with van der Waals surface area (Å²) in [5, 5.41) is 3.34. The van der Waals surface area contributed by atoms with Gasteiger partial charge in [0.15, 0.2) is 11.5 Å². The van der Waals surface area contributed by atoms with E-state index < -0.39 is 15.9 Å². The van der Waals surface area contributed by atoms with Crippen LogP contribution in [0.2, 0.25) is 0 Å². The number of carbonyl (C=O) groups excluding carboxylic acids is 1. The number of methoxy groups -OCH3 is 2. The first-order valence-corrected chi connectivity index (χ1v) is 17.0. The number of carbonyl (C=O) groups is 1. The van der Waals surface area contributed by atoms with E-state index >= 15 is 0 Å². The molecule has 5 rings (SSSR count). The summed E-state index contributed by atoms with van der Waals surface area (Å²) in [4.78, 5) is 17.6. The summed E-state index contributed by atoms with van der Waals surface area (Å²) in [6.45, 7) is 7.25. The first-order valence-electron chi connectivity index (χ1n) is 15.5. The van der Waals surface area contributed by atoms with Crippen LogP contribution in [0, 0.1) is 0 Å². The molecule has 0 radical (unpaired) electrons. The molecule has 0 fully saturated rings. The number of hydrogen-bond donors (Lipinski definition) is 2. The number of benzene rings is 4. The fraction of sp³-hybridized carbons (Fsp3) is 0.306. The van der Waals surface area contributed by atoms with E-state index in [0.29, 0.717) is 31.0 Å². The molecule has 4 aromatic rings. The number of anilines is 2. The summed E-state index contributed by atoms with van der Waals surface area (Å²) in [6.07, 6.45) is 0.674. The molecule has 0 saturated heterocycles. The molecule has 1 atom stereocenters. The van der Waals surface area contributed by atoms with E-state index in [1.165, 1.54) is 17.8 Å². The van der Waals surface area contributed by atoms with Gasteiger partial charge < -0.3 is 19.7 Å². The zero-order chi connectivity index (χ0) is 32.7. The molecule has 46 heavy (non-hydrogen) atoms. The highest BCUT2D eigenvalue weighted by Gasteiger charge is 2.32. The van der Waals surface area contributed by atoms with Crippen molar-refractivity contribution >= 4 is 27.3 Å². The molecule has 0 saturated carbocycles. The molecule has 1 unspecified atom stereocenters. The van der Waals surface area contributed by atoms with Crippen molar-refractivity contribution in [2.24, 2.45) is 0 Å². The maximum atomic E-state index is 13.3. The largest absolute Gasteiger partial charge is 0.493 e. The van der Waals surface area contributed by atoms with E-state index in [2.05, 4.69) is 53.1 Å². The molecule has 1 aliphatic rings. The van der Waals surface area contributed by atoms with Crippen molar-refractivity contribution in [1.82, 2.24) is 9.62 Å². The minimum atomic E-state index is -4.07. The van der Waals surface area contributed by atoms with Crippen molar-refractivity contribution < 1.29 is 22.7 Å². The maximum Gasteiger partial charge on any atom is 0.264 e. The molecular formula is C36H42N4O5S. The van der Waals surface area contributed by atoms with Crippen LogP contribution in [0.25, 0.3) is 0 Å². The fourth-order valence-electron chi connectivity index (χ4n) is 5.99. The number of sulfonamides is 1. The topological polar surface area (TPSA) is 100 Å². The van der Waals surface area contributed by atoms with Crippen molar-refractivity contribution in [3.8, 4) is 11.5 Å². The van der Waals surface area contributed by atoms with Gasteiger partial charge in [-0.3, -0.25) is 9.69 Å². The van der Waals surface area contributed by atoms with Crippen molar-refractivity contribution in [1.29, 1.82) is 0 Å². The lowest BCUT2D eigenvalue weighted by molar-refractivity contribution is -0.121. The molecule has 0 aliphatic carbocycles. The van der Waals surface area contributed by atoms with Crippen LogP contribution in [0.15, 0.2) is 95.9 Å². The van der Waals surface area contributed by atoms with E-state index in [0.717, 1.165) is 41.0 Å². The third-order valence-corrected chi connectivity index (χ3v) is 9.80. The number of nitrogens with zero attached hydrogens (tertiary/aromatic N) is 2. The molecule has 1 aliphatic heterocycles. The van der Waals surface area contributed by atoms with Gasteiger partial charge in [0.25, 0.3) is 10.0 Å². The van der Waals surface area contributed by atoms with Gasteiger partial charge in [-0.25, -0.2) is 13.1 Å². The summed E-state index contributed by atoms with van der Waals surface area (Å²) >= 11 is 0. The van der Waals surface area contributed by atoms with E-state index in [4.69, 9.17) is 9.47 Å². The summed E-state index contributed by atoms with van der Waals surface area (Å²) in [5.41, 5.74) is 6.17. The van der Waals surface area contributed by atoms with Crippen LogP contribution < -0.4 is 24.4 Å². The van der Waals surface area contributed by atoms with E-state index in [1.807, 2.05) is 47.4 Å². The molecule has 9 nitrogen and oxygen atoms in total. The van der Waals surface area contributed by atoms with Gasteiger partial charge in [0.05, 0.1) is 31.7 Å². The van der Waals surface area contributed by atoms with Gasteiger partial charge in [-0.1, -0.05) is 42.5 Å². The fourth-order valence-corrected chi connectivity index (χ4v) is 6.97. The van der Waals surface area contributed by atoms with E-state index in [-0.39, 0.29) is 17.5 Å². The highest BCUT2D eigenvalue weighted by molar-refractivity contribution is 7.90. The number of hydrogen-bond acceptors (Lipinski definition) is 8. The second-order valence-electron chi connectivity index (χ2n) is 11.2. The van der Waals surface area contributed by atoms with Gasteiger partial charge in [0.1, 0.15) is 0 Å². The maximum absolute atomic E-state index is 13.3. The van der Waals surface area contributed by atoms with Crippen LogP contribution in [0.5, 0.6) is 11.5 Å². The molecule has 1 amide bonds. The molecule has 0 bridgehead atoms. The highest BCUT2D eigenvalue weighted by atomic mass is 32.2. The summed E-state index contributed by atoms with van der Waals surface area (Å²) < 4.78 is 39.8. The first-order chi connectivity index (χ1) is 22.3. The monoisotopic (exact) mass is 642 g/mol. The Morgan fingerprint density at radius 2 is 1.54 bits per heavy atom. The van der Waals surface area contributed by atoms with Crippen LogP contribution >= 0.6 is 0 Å². The average Bonchev–Trinajstić information content (AvgIpc) is 3.08. The molecule has 0 aromatic heterocycles. The molecule has 10 heteroatoms. The average molecular weight is 643 g/mol. The van der Waals surface area contributed by atoms with Crippen LogP contribution in [0.1, 0.15) is 42.1 Å². The number of fused-ring (bicyclic) bond motifs is 1. The standard InChI is InChI=1S/C36H42N4O5S/c1-5-39(6-2)30-16-12-26(13-17-30)24-37-29-14-18-31(19-15-29)46(42,43)38-35(41)25-40-21-20-28-22-33(44-3)34(45-4)23-32(28)36(40)27-10-8-7-9-11-27/h7-19,22-23,36-37H,5-6,20-21,24-25H2,1-4H3,(H,38,41). The second-order valence-corrected chi connectivity index (χ2v) is 12.9. The lowest BCUT2D eigenvalue weighted by Gasteiger charge is -2.37. The third kappa shape index (κ3) is 7.46. The Morgan fingerprint density at radius 1 is 0.891 bits per heavy atom. The lowest BCUT2D eigenvalue weighted by Crippen LogP contribution is -2.44. The third-order valence-electron chi connectivity index (χ3n) is 8.41. The van der Waals surface area contributed by atoms with Crippen molar-refractivity contribution in [2.45, 2.75) is 37.8 Å². The summed E-state index contributed by atoms with van der Waals surface area (Å²) in [7, 11) is -0.870. The predicted octanol–water partition coefficient (Wildman–Crippen LogP) is 5.61. The Balaban J connectivity index is 1.25. The van der Waals surface area contributed by atoms with Gasteiger partial charge in [-0.05, 0) is 91.1 Å². The van der Waals surface area contributed by atoms with Crippen molar-refractivity contribution in [3.63, 3.8) is 0 Å². The molecule has 242 valence electrons. The van der Waals surface area contributed by atoms with Crippen molar-refractivity contribution in [2.75, 3.05) is 50.6 Å². The van der Waals surface area contributed by atoms with Crippen LogP contribution in [0.4, 0.5) is 11.4 Å². The summed E-state index contributed by atoms with van der Waals surface area (Å²) in [5.74, 6) is 0.651. The number of rotatable bonds is 13. The normalized spacial score (nSPS) is 14.7. The van der Waals surface area contributed by atoms with Gasteiger partial charge >= 0.3 is 0 Å². The quantitative estimate of drug-likeness (QED) is 0.194. The van der Waals surface area contributed by atoms with E-state index in [9.17, 15) is 13.2 Å². The van der Waals surface area contributed by atoms with Gasteiger partial charge in [0.2, 0.25) is 5.91 Å². The summed E-state index contributed by atoms with van der Waals surface area (Å²) in [6, 6.07) is 28.4. The first kappa shape index (κ1) is 32.8. The van der Waals surface area contributed by atoms with Crippen LogP contribution in [-0.4, -0.2) is 59.6 Å². The minimum Gasteiger partial charge on any atom is -0.493 e. The Kier molecular flexibility index (Phi) is 10.5. The van der Waals surface area contributed by atoms with Gasteiger partial charge in [-0.2, -0.15) is 0 Å². The Bertz CT molecular complexity index is 1730. The van der Waals surface area contributed by atoms with E-state index in [1.54, 1.807) is 26.4 Å². The zero-order valence-electron chi connectivity index (χ0n) is 26.8.